The largest absolute Gasteiger partial charge is 0.468 e. The predicted molar refractivity (Wildman–Crippen MR) is 80.6 cm³/mol. The fourth-order valence-electron chi connectivity index (χ4n) is 2.97. The molecule has 4 heteroatoms. The van der Waals surface area contributed by atoms with E-state index in [0.717, 1.165) is 44.9 Å². The van der Waals surface area contributed by atoms with Crippen molar-refractivity contribution >= 4 is 0 Å². The molecule has 1 saturated heterocycles. The number of nitrogens with one attached hydrogen (secondary N) is 1. The zero-order valence-corrected chi connectivity index (χ0v) is 13.2. The van der Waals surface area contributed by atoms with Gasteiger partial charge in [0, 0.05) is 25.2 Å². The lowest BCUT2D eigenvalue weighted by molar-refractivity contribution is -0.131. The maximum atomic E-state index is 5.95. The summed E-state index contributed by atoms with van der Waals surface area (Å²) in [6, 6.07) is 2.08. The van der Waals surface area contributed by atoms with Crippen molar-refractivity contribution in [3.63, 3.8) is 0 Å². The summed E-state index contributed by atoms with van der Waals surface area (Å²) in [4.78, 5) is 2.43. The topological polar surface area (TPSA) is 37.6 Å². The Bertz CT molecular complexity index is 414. The Morgan fingerprint density at radius 1 is 1.45 bits per heavy atom. The highest BCUT2D eigenvalue weighted by atomic mass is 16.5. The first-order chi connectivity index (χ1) is 9.50. The third-order valence-electron chi connectivity index (χ3n) is 3.59. The molecule has 114 valence electrons. The van der Waals surface area contributed by atoms with Gasteiger partial charge in [0.25, 0.3) is 0 Å². The minimum atomic E-state index is -0.0785. The van der Waals surface area contributed by atoms with Crippen molar-refractivity contribution in [3.05, 3.63) is 23.7 Å². The molecule has 1 unspecified atom stereocenters. The molecule has 0 radical (unpaired) electrons. The summed E-state index contributed by atoms with van der Waals surface area (Å²) in [6.07, 6.45) is 3.23. The second-order valence-electron chi connectivity index (χ2n) is 6.40. The SMILES string of the molecule is CCCNCc1ccoc1CN1CC(C)OC(C)(C)C1. The van der Waals surface area contributed by atoms with Gasteiger partial charge in [0.1, 0.15) is 5.76 Å². The van der Waals surface area contributed by atoms with E-state index in [0.29, 0.717) is 0 Å². The second kappa shape index (κ2) is 6.74. The number of morpholine rings is 1. The zero-order valence-electron chi connectivity index (χ0n) is 13.2. The van der Waals surface area contributed by atoms with Crippen molar-refractivity contribution in [2.24, 2.45) is 0 Å². The standard InChI is InChI=1S/C16H28N2O2/c1-5-7-17-9-14-6-8-19-15(14)11-18-10-13(2)20-16(3,4)12-18/h6,8,13,17H,5,7,9-12H2,1-4H3. The van der Waals surface area contributed by atoms with Gasteiger partial charge in [-0.25, -0.2) is 0 Å². The Labute approximate surface area is 122 Å². The van der Waals surface area contributed by atoms with Gasteiger partial charge in [-0.15, -0.1) is 0 Å². The van der Waals surface area contributed by atoms with Crippen LogP contribution in [-0.4, -0.2) is 36.2 Å². The van der Waals surface area contributed by atoms with Gasteiger partial charge in [-0.05, 0) is 39.8 Å². The molecular formula is C16H28N2O2. The summed E-state index contributed by atoms with van der Waals surface area (Å²) in [5.41, 5.74) is 1.20. The molecule has 0 aliphatic carbocycles. The van der Waals surface area contributed by atoms with E-state index in [1.807, 2.05) is 0 Å². The van der Waals surface area contributed by atoms with Gasteiger partial charge in [0.15, 0.2) is 0 Å². The number of rotatable bonds is 6. The fraction of sp³-hybridized carbons (Fsp3) is 0.750. The summed E-state index contributed by atoms with van der Waals surface area (Å²) in [5, 5.41) is 3.44. The number of hydrogen-bond donors (Lipinski definition) is 1. The molecule has 1 aliphatic rings. The normalized spacial score (nSPS) is 23.1. The minimum Gasteiger partial charge on any atom is -0.468 e. The molecule has 1 aliphatic heterocycles. The van der Waals surface area contributed by atoms with Gasteiger partial charge in [-0.3, -0.25) is 4.90 Å². The van der Waals surface area contributed by atoms with E-state index in [1.54, 1.807) is 6.26 Å². The maximum Gasteiger partial charge on any atom is 0.122 e. The predicted octanol–water partition coefficient (Wildman–Crippen LogP) is 2.78. The van der Waals surface area contributed by atoms with Crippen molar-refractivity contribution in [2.75, 3.05) is 19.6 Å². The van der Waals surface area contributed by atoms with Gasteiger partial charge < -0.3 is 14.5 Å². The lowest BCUT2D eigenvalue weighted by atomic mass is 10.1. The van der Waals surface area contributed by atoms with Crippen LogP contribution in [-0.2, 0) is 17.8 Å². The molecule has 0 spiro atoms. The highest BCUT2D eigenvalue weighted by Gasteiger charge is 2.31. The van der Waals surface area contributed by atoms with Gasteiger partial charge in [-0.1, -0.05) is 6.92 Å². The average Bonchev–Trinajstić information content (AvgIpc) is 2.74. The van der Waals surface area contributed by atoms with Crippen LogP contribution in [0.15, 0.2) is 16.7 Å². The monoisotopic (exact) mass is 280 g/mol. The maximum absolute atomic E-state index is 5.95. The van der Waals surface area contributed by atoms with E-state index in [9.17, 15) is 0 Å². The summed E-state index contributed by atoms with van der Waals surface area (Å²) < 4.78 is 11.6. The Morgan fingerprint density at radius 3 is 2.95 bits per heavy atom. The Kier molecular flexibility index (Phi) is 5.24. The molecule has 0 aromatic carbocycles. The van der Waals surface area contributed by atoms with Crippen molar-refractivity contribution < 1.29 is 9.15 Å². The van der Waals surface area contributed by atoms with E-state index in [-0.39, 0.29) is 11.7 Å². The third kappa shape index (κ3) is 4.33. The molecular weight excluding hydrogens is 252 g/mol. The molecule has 2 heterocycles. The van der Waals surface area contributed by atoms with E-state index in [1.165, 1.54) is 5.56 Å². The number of hydrogen-bond acceptors (Lipinski definition) is 4. The summed E-state index contributed by atoms with van der Waals surface area (Å²) in [6.45, 7) is 13.3. The summed E-state index contributed by atoms with van der Waals surface area (Å²) in [5.74, 6) is 1.08. The first kappa shape index (κ1) is 15.5. The Balaban J connectivity index is 1.94. The average molecular weight is 280 g/mol. The Morgan fingerprint density at radius 2 is 2.25 bits per heavy atom. The van der Waals surface area contributed by atoms with Crippen LogP contribution in [0.4, 0.5) is 0 Å². The van der Waals surface area contributed by atoms with Crippen LogP contribution < -0.4 is 5.32 Å². The van der Waals surface area contributed by atoms with E-state index >= 15 is 0 Å². The van der Waals surface area contributed by atoms with Gasteiger partial charge >= 0.3 is 0 Å². The molecule has 1 fully saturated rings. The van der Waals surface area contributed by atoms with Crippen LogP contribution in [0.1, 0.15) is 45.4 Å². The van der Waals surface area contributed by atoms with Crippen LogP contribution in [0, 0.1) is 0 Å². The molecule has 0 bridgehead atoms. The van der Waals surface area contributed by atoms with Crippen molar-refractivity contribution in [3.8, 4) is 0 Å². The quantitative estimate of drug-likeness (QED) is 0.813. The highest BCUT2D eigenvalue weighted by molar-refractivity contribution is 5.17. The first-order valence-electron chi connectivity index (χ1n) is 7.66. The lowest BCUT2D eigenvalue weighted by Gasteiger charge is -2.41. The van der Waals surface area contributed by atoms with Crippen LogP contribution >= 0.6 is 0 Å². The smallest absolute Gasteiger partial charge is 0.122 e. The van der Waals surface area contributed by atoms with Crippen molar-refractivity contribution in [2.45, 2.75) is 58.9 Å². The fourth-order valence-corrected chi connectivity index (χ4v) is 2.97. The van der Waals surface area contributed by atoms with Gasteiger partial charge in [0.05, 0.1) is 24.5 Å². The van der Waals surface area contributed by atoms with E-state index in [2.05, 4.69) is 44.0 Å². The minimum absolute atomic E-state index is 0.0785. The summed E-state index contributed by atoms with van der Waals surface area (Å²) in [7, 11) is 0. The molecule has 0 saturated carbocycles. The van der Waals surface area contributed by atoms with Crippen LogP contribution in [0.25, 0.3) is 0 Å². The van der Waals surface area contributed by atoms with Crippen LogP contribution in [0.5, 0.6) is 0 Å². The molecule has 1 atom stereocenters. The number of ether oxygens (including phenoxy) is 1. The van der Waals surface area contributed by atoms with Crippen LogP contribution in [0.2, 0.25) is 0 Å². The van der Waals surface area contributed by atoms with Gasteiger partial charge in [-0.2, -0.15) is 0 Å². The van der Waals surface area contributed by atoms with Crippen molar-refractivity contribution in [1.29, 1.82) is 0 Å². The van der Waals surface area contributed by atoms with Crippen molar-refractivity contribution in [1.82, 2.24) is 10.2 Å². The number of furan rings is 1. The molecule has 20 heavy (non-hydrogen) atoms. The van der Waals surface area contributed by atoms with E-state index < -0.39 is 0 Å². The molecule has 4 nitrogen and oxygen atoms in total. The molecule has 2 rings (SSSR count). The summed E-state index contributed by atoms with van der Waals surface area (Å²) >= 11 is 0. The first-order valence-corrected chi connectivity index (χ1v) is 7.66. The van der Waals surface area contributed by atoms with E-state index in [4.69, 9.17) is 9.15 Å². The number of nitrogens with zero attached hydrogens (tertiary/aromatic N) is 1. The Hall–Kier alpha value is -0.840. The molecule has 1 aromatic rings. The second-order valence-corrected chi connectivity index (χ2v) is 6.40. The zero-order chi connectivity index (χ0) is 14.6. The third-order valence-corrected chi connectivity index (χ3v) is 3.59. The molecule has 0 amide bonds. The van der Waals surface area contributed by atoms with Gasteiger partial charge in [0.2, 0.25) is 0 Å². The highest BCUT2D eigenvalue weighted by Crippen LogP contribution is 2.23. The lowest BCUT2D eigenvalue weighted by Crippen LogP contribution is -2.51. The molecule has 1 N–H and O–H groups in total. The molecule has 1 aromatic heterocycles. The van der Waals surface area contributed by atoms with Crippen LogP contribution in [0.3, 0.4) is 0 Å².